The zero-order chi connectivity index (χ0) is 15.7. The van der Waals surface area contributed by atoms with Gasteiger partial charge in [-0.3, -0.25) is 0 Å². The lowest BCUT2D eigenvalue weighted by atomic mass is 10.0. The first-order chi connectivity index (χ1) is 10.6. The summed E-state index contributed by atoms with van der Waals surface area (Å²) in [6.07, 6.45) is 1.10. The number of aromatic nitrogens is 2. The van der Waals surface area contributed by atoms with Gasteiger partial charge in [-0.05, 0) is 42.9 Å². The predicted molar refractivity (Wildman–Crippen MR) is 90.9 cm³/mol. The lowest BCUT2D eigenvalue weighted by Gasteiger charge is -2.26. The van der Waals surface area contributed by atoms with Crippen molar-refractivity contribution in [1.82, 2.24) is 15.1 Å². The van der Waals surface area contributed by atoms with Gasteiger partial charge in [-0.25, -0.2) is 4.68 Å². The van der Waals surface area contributed by atoms with Crippen LogP contribution in [0.15, 0.2) is 23.1 Å². The highest BCUT2D eigenvalue weighted by Crippen LogP contribution is 2.38. The van der Waals surface area contributed by atoms with Crippen LogP contribution in [0.1, 0.15) is 29.3 Å². The number of ether oxygens (including phenoxy) is 1. The maximum atomic E-state index is 6.16. The monoisotopic (exact) mass is 337 g/mol. The van der Waals surface area contributed by atoms with Crippen molar-refractivity contribution < 1.29 is 4.74 Å². The summed E-state index contributed by atoms with van der Waals surface area (Å²) in [5.74, 6) is 1.94. The van der Waals surface area contributed by atoms with Gasteiger partial charge in [-0.15, -0.1) is 11.8 Å². The van der Waals surface area contributed by atoms with E-state index < -0.39 is 0 Å². The molecule has 6 heteroatoms. The van der Waals surface area contributed by atoms with Gasteiger partial charge < -0.3 is 10.1 Å². The molecule has 0 amide bonds. The second kappa shape index (κ2) is 6.52. The summed E-state index contributed by atoms with van der Waals surface area (Å²) in [5.41, 5.74) is 3.42. The molecular formula is C16H20ClN3OS. The van der Waals surface area contributed by atoms with Crippen LogP contribution >= 0.6 is 23.4 Å². The Morgan fingerprint density at radius 2 is 2.32 bits per heavy atom. The van der Waals surface area contributed by atoms with Gasteiger partial charge in [0, 0.05) is 29.6 Å². The van der Waals surface area contributed by atoms with E-state index in [1.54, 1.807) is 11.8 Å². The third-order valence-corrected chi connectivity index (χ3v) is 5.38. The molecule has 2 heterocycles. The van der Waals surface area contributed by atoms with Gasteiger partial charge in [0.05, 0.1) is 18.4 Å². The van der Waals surface area contributed by atoms with E-state index in [9.17, 15) is 0 Å². The maximum Gasteiger partial charge on any atom is 0.216 e. The fraction of sp³-hybridized carbons (Fsp3) is 0.438. The maximum absolute atomic E-state index is 6.16. The molecule has 1 atom stereocenters. The minimum absolute atomic E-state index is 0.319. The summed E-state index contributed by atoms with van der Waals surface area (Å²) in [4.78, 5) is 1.32. The molecule has 3 rings (SSSR count). The molecule has 22 heavy (non-hydrogen) atoms. The van der Waals surface area contributed by atoms with Crippen molar-refractivity contribution in [2.24, 2.45) is 7.05 Å². The minimum Gasteiger partial charge on any atom is -0.481 e. The zero-order valence-electron chi connectivity index (χ0n) is 13.0. The Bertz CT molecular complexity index is 686. The van der Waals surface area contributed by atoms with Gasteiger partial charge in [-0.1, -0.05) is 11.6 Å². The van der Waals surface area contributed by atoms with Gasteiger partial charge in [-0.2, -0.15) is 5.10 Å². The van der Waals surface area contributed by atoms with Gasteiger partial charge in [0.1, 0.15) is 0 Å². The van der Waals surface area contributed by atoms with Crippen LogP contribution in [0.5, 0.6) is 5.88 Å². The molecule has 118 valence electrons. The van der Waals surface area contributed by atoms with E-state index in [4.69, 9.17) is 16.3 Å². The molecule has 0 radical (unpaired) electrons. The molecule has 4 nitrogen and oxygen atoms in total. The third-order valence-electron chi connectivity index (χ3n) is 4.02. The summed E-state index contributed by atoms with van der Waals surface area (Å²) in [6, 6.07) is 6.48. The minimum atomic E-state index is 0.319. The SMILES string of the molecule is COc1c(CNC2CCSc3ccc(Cl)cc32)c(C)nn1C. The number of rotatable bonds is 4. The van der Waals surface area contributed by atoms with E-state index >= 15 is 0 Å². The highest BCUT2D eigenvalue weighted by atomic mass is 35.5. The molecule has 1 aromatic heterocycles. The van der Waals surface area contributed by atoms with E-state index in [2.05, 4.69) is 22.5 Å². The highest BCUT2D eigenvalue weighted by Gasteiger charge is 2.22. The van der Waals surface area contributed by atoms with Gasteiger partial charge in [0.2, 0.25) is 5.88 Å². The first-order valence-corrected chi connectivity index (χ1v) is 8.68. The Labute approximate surface area is 140 Å². The zero-order valence-corrected chi connectivity index (χ0v) is 14.6. The van der Waals surface area contributed by atoms with Crippen LogP contribution in [0.25, 0.3) is 0 Å². The number of thioether (sulfide) groups is 1. The fourth-order valence-electron chi connectivity index (χ4n) is 2.94. The Kier molecular flexibility index (Phi) is 4.66. The quantitative estimate of drug-likeness (QED) is 0.923. The summed E-state index contributed by atoms with van der Waals surface area (Å²) in [7, 11) is 3.59. The number of nitrogens with zero attached hydrogens (tertiary/aromatic N) is 2. The molecule has 0 fully saturated rings. The summed E-state index contributed by atoms with van der Waals surface area (Å²) >= 11 is 8.06. The van der Waals surface area contributed by atoms with Crippen molar-refractivity contribution in [1.29, 1.82) is 0 Å². The summed E-state index contributed by atoms with van der Waals surface area (Å²) < 4.78 is 7.25. The largest absolute Gasteiger partial charge is 0.481 e. The third kappa shape index (κ3) is 2.98. The molecule has 1 aromatic carbocycles. The number of hydrogen-bond donors (Lipinski definition) is 1. The first kappa shape index (κ1) is 15.7. The summed E-state index contributed by atoms with van der Waals surface area (Å²) in [5, 5.41) is 8.87. The first-order valence-electron chi connectivity index (χ1n) is 7.32. The van der Waals surface area contributed by atoms with Crippen molar-refractivity contribution in [3.05, 3.63) is 40.0 Å². The Morgan fingerprint density at radius 3 is 3.09 bits per heavy atom. The van der Waals surface area contributed by atoms with Crippen LogP contribution < -0.4 is 10.1 Å². The Hall–Kier alpha value is -1.17. The molecule has 0 bridgehead atoms. The average Bonchev–Trinajstić information content (AvgIpc) is 2.78. The lowest BCUT2D eigenvalue weighted by molar-refractivity contribution is 0.366. The number of halogens is 1. The predicted octanol–water partition coefficient (Wildman–Crippen LogP) is 3.72. The van der Waals surface area contributed by atoms with Crippen LogP contribution in [0, 0.1) is 6.92 Å². The van der Waals surface area contributed by atoms with Crippen LogP contribution in [0.4, 0.5) is 0 Å². The van der Waals surface area contributed by atoms with Crippen molar-refractivity contribution in [2.75, 3.05) is 12.9 Å². The fourth-order valence-corrected chi connectivity index (χ4v) is 4.23. The molecular weight excluding hydrogens is 318 g/mol. The number of fused-ring (bicyclic) bond motifs is 1. The Morgan fingerprint density at radius 1 is 1.50 bits per heavy atom. The molecule has 0 aliphatic carbocycles. The number of benzene rings is 1. The molecule has 2 aromatic rings. The molecule has 1 aliphatic rings. The van der Waals surface area contributed by atoms with Crippen LogP contribution in [0.3, 0.4) is 0 Å². The molecule has 1 aliphatic heterocycles. The van der Waals surface area contributed by atoms with Gasteiger partial charge in [0.15, 0.2) is 0 Å². The standard InChI is InChI=1S/C16H20ClN3OS/c1-10-13(16(21-3)20(2)19-10)9-18-14-6-7-22-15-5-4-11(17)8-12(14)15/h4-5,8,14,18H,6-7,9H2,1-3H3. The topological polar surface area (TPSA) is 39.1 Å². The average molecular weight is 338 g/mol. The molecule has 1 N–H and O–H groups in total. The van der Waals surface area contributed by atoms with Gasteiger partial charge >= 0.3 is 0 Å². The van der Waals surface area contributed by atoms with Gasteiger partial charge in [0.25, 0.3) is 0 Å². The normalized spacial score (nSPS) is 17.4. The van der Waals surface area contributed by atoms with Crippen LogP contribution in [-0.2, 0) is 13.6 Å². The summed E-state index contributed by atoms with van der Waals surface area (Å²) in [6.45, 7) is 2.76. The number of methoxy groups -OCH3 is 1. The van der Waals surface area contributed by atoms with Crippen LogP contribution in [-0.4, -0.2) is 22.6 Å². The second-order valence-corrected chi connectivity index (χ2v) is 7.02. The molecule has 1 unspecified atom stereocenters. The van der Waals surface area contributed by atoms with E-state index in [0.717, 1.165) is 40.9 Å². The Balaban J connectivity index is 1.80. The van der Waals surface area contributed by atoms with E-state index in [1.807, 2.05) is 31.8 Å². The number of nitrogens with one attached hydrogen (secondary N) is 1. The highest BCUT2D eigenvalue weighted by molar-refractivity contribution is 7.99. The molecule has 0 saturated carbocycles. The number of hydrogen-bond acceptors (Lipinski definition) is 4. The van der Waals surface area contributed by atoms with Crippen molar-refractivity contribution in [2.45, 2.75) is 30.8 Å². The second-order valence-electron chi connectivity index (χ2n) is 5.45. The van der Waals surface area contributed by atoms with E-state index in [1.165, 1.54) is 10.5 Å². The smallest absolute Gasteiger partial charge is 0.216 e. The van der Waals surface area contributed by atoms with Crippen LogP contribution in [0.2, 0.25) is 5.02 Å². The lowest BCUT2D eigenvalue weighted by Crippen LogP contribution is -2.24. The molecule has 0 saturated heterocycles. The number of aryl methyl sites for hydroxylation is 2. The van der Waals surface area contributed by atoms with E-state index in [0.29, 0.717) is 6.04 Å². The van der Waals surface area contributed by atoms with Crippen molar-refractivity contribution in [3.8, 4) is 5.88 Å². The van der Waals surface area contributed by atoms with Crippen molar-refractivity contribution in [3.63, 3.8) is 0 Å². The van der Waals surface area contributed by atoms with Crippen molar-refractivity contribution >= 4 is 23.4 Å². The van der Waals surface area contributed by atoms with E-state index in [-0.39, 0.29) is 0 Å². The molecule has 0 spiro atoms.